The largest absolute Gasteiger partial charge is 0.361 e. The van der Waals surface area contributed by atoms with Crippen molar-refractivity contribution in [1.29, 1.82) is 0 Å². The highest BCUT2D eigenvalue weighted by atomic mass is 32.1. The van der Waals surface area contributed by atoms with Gasteiger partial charge in [0, 0.05) is 10.4 Å². The molecule has 0 fully saturated rings. The molecule has 3 aromatic heterocycles. The fourth-order valence-electron chi connectivity index (χ4n) is 3.38. The van der Waals surface area contributed by atoms with Gasteiger partial charge in [-0.15, -0.1) is 11.3 Å². The number of thiophene rings is 1. The van der Waals surface area contributed by atoms with Gasteiger partial charge in [-0.3, -0.25) is 9.36 Å². The predicted octanol–water partition coefficient (Wildman–Crippen LogP) is 3.24. The molecule has 6 heteroatoms. The van der Waals surface area contributed by atoms with Gasteiger partial charge in [0.15, 0.2) is 0 Å². The minimum atomic E-state index is 0.0575. The molecule has 0 saturated heterocycles. The molecule has 0 amide bonds. The second-order valence-corrected chi connectivity index (χ2v) is 7.60. The molecular formula is C17H19N3O2S. The van der Waals surface area contributed by atoms with E-state index < -0.39 is 0 Å². The molecule has 120 valence electrons. The lowest BCUT2D eigenvalue weighted by Crippen LogP contribution is -2.22. The SMILES string of the molecule is Cc1noc(C)c1Cn1cnc2sc3c(c2c1=O)CCC(C)C3. The Hall–Kier alpha value is -1.95. The summed E-state index contributed by atoms with van der Waals surface area (Å²) < 4.78 is 6.88. The zero-order valence-corrected chi connectivity index (χ0v) is 14.4. The van der Waals surface area contributed by atoms with E-state index in [0.717, 1.165) is 46.5 Å². The molecule has 4 rings (SSSR count). The van der Waals surface area contributed by atoms with Gasteiger partial charge in [0.1, 0.15) is 10.6 Å². The normalized spacial score (nSPS) is 17.6. The summed E-state index contributed by atoms with van der Waals surface area (Å²) in [4.78, 5) is 19.7. The van der Waals surface area contributed by atoms with Crippen LogP contribution in [0.2, 0.25) is 0 Å². The third kappa shape index (κ3) is 2.32. The van der Waals surface area contributed by atoms with Crippen LogP contribution in [0.3, 0.4) is 0 Å². The van der Waals surface area contributed by atoms with E-state index in [2.05, 4.69) is 17.1 Å². The molecule has 1 aliphatic rings. The Morgan fingerprint density at radius 2 is 2.26 bits per heavy atom. The Morgan fingerprint density at radius 3 is 3.00 bits per heavy atom. The lowest BCUT2D eigenvalue weighted by Gasteiger charge is -2.17. The average molecular weight is 329 g/mol. The number of hydrogen-bond acceptors (Lipinski definition) is 5. The molecule has 1 unspecified atom stereocenters. The third-order valence-corrected chi connectivity index (χ3v) is 5.95. The smallest absolute Gasteiger partial charge is 0.262 e. The Labute approximate surface area is 138 Å². The lowest BCUT2D eigenvalue weighted by atomic mass is 9.89. The van der Waals surface area contributed by atoms with Crippen LogP contribution in [0, 0.1) is 19.8 Å². The molecule has 0 radical (unpaired) electrons. The van der Waals surface area contributed by atoms with Crippen LogP contribution >= 0.6 is 11.3 Å². The van der Waals surface area contributed by atoms with Crippen molar-refractivity contribution in [3.05, 3.63) is 44.1 Å². The van der Waals surface area contributed by atoms with Gasteiger partial charge >= 0.3 is 0 Å². The zero-order valence-electron chi connectivity index (χ0n) is 13.5. The van der Waals surface area contributed by atoms with Crippen LogP contribution in [0.1, 0.15) is 40.8 Å². The standard InChI is InChI=1S/C17H19N3O2S/c1-9-4-5-12-14(6-9)23-16-15(12)17(21)20(8-18-16)7-13-10(2)19-22-11(13)3/h8-9H,4-7H2,1-3H3. The summed E-state index contributed by atoms with van der Waals surface area (Å²) in [6.07, 6.45) is 4.86. The van der Waals surface area contributed by atoms with Crippen LogP contribution in [0.15, 0.2) is 15.6 Å². The van der Waals surface area contributed by atoms with Gasteiger partial charge in [-0.05, 0) is 44.6 Å². The van der Waals surface area contributed by atoms with Crippen molar-refractivity contribution in [3.8, 4) is 0 Å². The van der Waals surface area contributed by atoms with Gasteiger partial charge in [-0.1, -0.05) is 12.1 Å². The fourth-order valence-corrected chi connectivity index (χ4v) is 4.72. The molecule has 3 heterocycles. The maximum Gasteiger partial charge on any atom is 0.262 e. The van der Waals surface area contributed by atoms with Crippen molar-refractivity contribution < 1.29 is 4.52 Å². The van der Waals surface area contributed by atoms with Crippen LogP contribution < -0.4 is 5.56 Å². The number of aromatic nitrogens is 3. The summed E-state index contributed by atoms with van der Waals surface area (Å²) in [5, 5.41) is 4.79. The summed E-state index contributed by atoms with van der Waals surface area (Å²) in [5.74, 6) is 1.45. The van der Waals surface area contributed by atoms with Crippen LogP contribution in [-0.2, 0) is 19.4 Å². The predicted molar refractivity (Wildman–Crippen MR) is 90.1 cm³/mol. The van der Waals surface area contributed by atoms with Gasteiger partial charge < -0.3 is 4.52 Å². The van der Waals surface area contributed by atoms with E-state index >= 15 is 0 Å². The number of aryl methyl sites for hydroxylation is 3. The first-order valence-electron chi connectivity index (χ1n) is 7.96. The minimum absolute atomic E-state index is 0.0575. The van der Waals surface area contributed by atoms with Crippen molar-refractivity contribution in [2.24, 2.45) is 5.92 Å². The summed E-state index contributed by atoms with van der Waals surface area (Å²) >= 11 is 1.69. The Bertz CT molecular complexity index is 931. The van der Waals surface area contributed by atoms with Crippen LogP contribution in [0.5, 0.6) is 0 Å². The molecule has 0 spiro atoms. The van der Waals surface area contributed by atoms with E-state index in [9.17, 15) is 4.79 Å². The van der Waals surface area contributed by atoms with Crippen molar-refractivity contribution >= 4 is 21.6 Å². The zero-order chi connectivity index (χ0) is 16.1. The van der Waals surface area contributed by atoms with Gasteiger partial charge in [0.05, 0.1) is 24.0 Å². The molecule has 23 heavy (non-hydrogen) atoms. The van der Waals surface area contributed by atoms with E-state index in [1.165, 1.54) is 10.4 Å². The second kappa shape index (κ2) is 5.30. The molecule has 3 aromatic rings. The van der Waals surface area contributed by atoms with Crippen LogP contribution in [0.25, 0.3) is 10.2 Å². The summed E-state index contributed by atoms with van der Waals surface area (Å²) in [7, 11) is 0. The highest BCUT2D eigenvalue weighted by Gasteiger charge is 2.23. The highest BCUT2D eigenvalue weighted by molar-refractivity contribution is 7.18. The second-order valence-electron chi connectivity index (χ2n) is 6.51. The third-order valence-electron chi connectivity index (χ3n) is 4.79. The van der Waals surface area contributed by atoms with E-state index in [0.29, 0.717) is 12.5 Å². The first-order chi connectivity index (χ1) is 11.0. The molecule has 0 aliphatic heterocycles. The number of fused-ring (bicyclic) bond motifs is 3. The molecule has 0 bridgehead atoms. The Balaban J connectivity index is 1.84. The lowest BCUT2D eigenvalue weighted by molar-refractivity contribution is 0.392. The quantitative estimate of drug-likeness (QED) is 0.724. The number of hydrogen-bond donors (Lipinski definition) is 0. The van der Waals surface area contributed by atoms with Gasteiger partial charge in [0.2, 0.25) is 0 Å². The molecule has 0 N–H and O–H groups in total. The van der Waals surface area contributed by atoms with Crippen molar-refractivity contribution in [1.82, 2.24) is 14.7 Å². The Morgan fingerprint density at radius 1 is 1.43 bits per heavy atom. The first-order valence-corrected chi connectivity index (χ1v) is 8.77. The van der Waals surface area contributed by atoms with Crippen molar-refractivity contribution in [2.45, 2.75) is 46.6 Å². The monoisotopic (exact) mass is 329 g/mol. The highest BCUT2D eigenvalue weighted by Crippen LogP contribution is 2.35. The van der Waals surface area contributed by atoms with Crippen molar-refractivity contribution in [3.63, 3.8) is 0 Å². The molecule has 1 aliphatic carbocycles. The topological polar surface area (TPSA) is 60.9 Å². The average Bonchev–Trinajstić information content (AvgIpc) is 3.04. The molecule has 1 atom stereocenters. The molecule has 0 aromatic carbocycles. The summed E-state index contributed by atoms with van der Waals surface area (Å²) in [6, 6.07) is 0. The van der Waals surface area contributed by atoms with Crippen LogP contribution in [-0.4, -0.2) is 14.7 Å². The van der Waals surface area contributed by atoms with Gasteiger partial charge in [0.25, 0.3) is 5.56 Å². The molecular weight excluding hydrogens is 310 g/mol. The van der Waals surface area contributed by atoms with E-state index in [-0.39, 0.29) is 5.56 Å². The van der Waals surface area contributed by atoms with Gasteiger partial charge in [-0.2, -0.15) is 0 Å². The van der Waals surface area contributed by atoms with Crippen molar-refractivity contribution in [2.75, 3.05) is 0 Å². The van der Waals surface area contributed by atoms with E-state index in [1.807, 2.05) is 13.8 Å². The summed E-state index contributed by atoms with van der Waals surface area (Å²) in [6.45, 7) is 6.51. The first kappa shape index (κ1) is 14.6. The fraction of sp³-hybridized carbons (Fsp3) is 0.471. The molecule has 5 nitrogen and oxygen atoms in total. The molecule has 0 saturated carbocycles. The van der Waals surface area contributed by atoms with E-state index in [1.54, 1.807) is 22.2 Å². The minimum Gasteiger partial charge on any atom is -0.361 e. The van der Waals surface area contributed by atoms with E-state index in [4.69, 9.17) is 4.52 Å². The van der Waals surface area contributed by atoms with Crippen LogP contribution in [0.4, 0.5) is 0 Å². The number of rotatable bonds is 2. The summed E-state index contributed by atoms with van der Waals surface area (Å²) in [5.41, 5.74) is 3.08. The number of nitrogens with zero attached hydrogens (tertiary/aromatic N) is 3. The maximum absolute atomic E-state index is 13.0. The Kier molecular flexibility index (Phi) is 3.37. The van der Waals surface area contributed by atoms with Gasteiger partial charge in [-0.25, -0.2) is 4.98 Å². The maximum atomic E-state index is 13.0.